The van der Waals surface area contributed by atoms with Gasteiger partial charge in [0.15, 0.2) is 5.13 Å². The fourth-order valence-electron chi connectivity index (χ4n) is 3.31. The van der Waals surface area contributed by atoms with Gasteiger partial charge >= 0.3 is 0 Å². The van der Waals surface area contributed by atoms with Crippen LogP contribution in [0.2, 0.25) is 0 Å². The zero-order valence-electron chi connectivity index (χ0n) is 13.4. The van der Waals surface area contributed by atoms with Crippen LogP contribution < -0.4 is 10.2 Å². The molecule has 3 heterocycles. The third-order valence-corrected chi connectivity index (χ3v) is 5.41. The number of aromatic amines is 1. The number of H-pyrrole nitrogens is 1. The highest BCUT2D eigenvalue weighted by atomic mass is 32.1. The number of rotatable bonds is 4. The number of nitrogens with zero attached hydrogens (tertiary/aromatic N) is 2. The van der Waals surface area contributed by atoms with Gasteiger partial charge in [0.05, 0.1) is 0 Å². The number of hydrogen-bond donors (Lipinski definition) is 2. The van der Waals surface area contributed by atoms with Crippen molar-refractivity contribution in [2.45, 2.75) is 12.8 Å². The van der Waals surface area contributed by atoms with E-state index in [1.165, 1.54) is 0 Å². The highest BCUT2D eigenvalue weighted by Gasteiger charge is 2.22. The maximum absolute atomic E-state index is 12.4. The standard InChI is InChI=1S/C18H20N4OS/c23-17(15-4-3-14-5-6-19-16(14)10-15)21-11-13-2-1-8-22(12-13)18-20-7-9-24-18/h3-7,9-10,13,19H,1-2,8,11-12H2,(H,21,23). The SMILES string of the molecule is O=C(NCC1CCCN(c2nccs2)C1)c1ccc2cc[nH]c2c1. The molecule has 1 aliphatic rings. The lowest BCUT2D eigenvalue weighted by Crippen LogP contribution is -2.41. The minimum atomic E-state index is -0.00197. The first-order valence-corrected chi connectivity index (χ1v) is 9.17. The van der Waals surface area contributed by atoms with Crippen LogP contribution in [-0.2, 0) is 0 Å². The number of aromatic nitrogens is 2. The molecule has 1 aromatic carbocycles. The highest BCUT2D eigenvalue weighted by molar-refractivity contribution is 7.13. The van der Waals surface area contributed by atoms with Crippen LogP contribution in [0.1, 0.15) is 23.2 Å². The Bertz CT molecular complexity index is 827. The fourth-order valence-corrected chi connectivity index (χ4v) is 3.99. The second kappa shape index (κ2) is 6.65. The second-order valence-corrected chi connectivity index (χ2v) is 7.13. The smallest absolute Gasteiger partial charge is 0.251 e. The lowest BCUT2D eigenvalue weighted by atomic mass is 9.98. The molecule has 1 aliphatic heterocycles. The van der Waals surface area contributed by atoms with Crippen LogP contribution in [0.3, 0.4) is 0 Å². The number of benzene rings is 1. The van der Waals surface area contributed by atoms with E-state index < -0.39 is 0 Å². The summed E-state index contributed by atoms with van der Waals surface area (Å²) in [6.45, 7) is 2.73. The van der Waals surface area contributed by atoms with Gasteiger partial charge in [-0.05, 0) is 42.3 Å². The number of nitrogens with one attached hydrogen (secondary N) is 2. The zero-order valence-corrected chi connectivity index (χ0v) is 14.2. The van der Waals surface area contributed by atoms with Gasteiger partial charge < -0.3 is 15.2 Å². The number of thiazole rings is 1. The molecule has 0 radical (unpaired) electrons. The summed E-state index contributed by atoms with van der Waals surface area (Å²) in [5, 5.41) is 7.32. The molecule has 0 saturated carbocycles. The molecule has 1 amide bonds. The summed E-state index contributed by atoms with van der Waals surface area (Å²) in [5.41, 5.74) is 1.70. The summed E-state index contributed by atoms with van der Waals surface area (Å²) in [7, 11) is 0. The summed E-state index contributed by atoms with van der Waals surface area (Å²) in [6, 6.07) is 7.78. The van der Waals surface area contributed by atoms with Gasteiger partial charge in [-0.25, -0.2) is 4.98 Å². The molecule has 6 heteroatoms. The molecule has 5 nitrogen and oxygen atoms in total. The Morgan fingerprint density at radius 1 is 1.42 bits per heavy atom. The number of fused-ring (bicyclic) bond motifs is 1. The predicted molar refractivity (Wildman–Crippen MR) is 97.7 cm³/mol. The molecule has 0 spiro atoms. The molecular weight excluding hydrogens is 320 g/mol. The molecule has 124 valence electrons. The Balaban J connectivity index is 1.36. The molecule has 24 heavy (non-hydrogen) atoms. The van der Waals surface area contributed by atoms with Gasteiger partial charge in [0, 0.05) is 48.5 Å². The number of piperidine rings is 1. The van der Waals surface area contributed by atoms with E-state index in [0.717, 1.165) is 42.0 Å². The summed E-state index contributed by atoms with van der Waals surface area (Å²) in [6.07, 6.45) is 6.04. The van der Waals surface area contributed by atoms with E-state index in [1.807, 2.05) is 42.0 Å². The molecule has 1 atom stereocenters. The Morgan fingerprint density at radius 3 is 3.25 bits per heavy atom. The minimum Gasteiger partial charge on any atom is -0.361 e. The monoisotopic (exact) mass is 340 g/mol. The molecule has 4 rings (SSSR count). The van der Waals surface area contributed by atoms with Crippen LogP contribution >= 0.6 is 11.3 Å². The van der Waals surface area contributed by atoms with Crippen molar-refractivity contribution in [2.24, 2.45) is 5.92 Å². The third-order valence-electron chi connectivity index (χ3n) is 4.58. The van der Waals surface area contributed by atoms with Gasteiger partial charge in [-0.2, -0.15) is 0 Å². The average molecular weight is 340 g/mol. The van der Waals surface area contributed by atoms with Gasteiger partial charge in [-0.3, -0.25) is 4.79 Å². The van der Waals surface area contributed by atoms with Crippen molar-refractivity contribution in [3.8, 4) is 0 Å². The number of carbonyl (C=O) groups is 1. The van der Waals surface area contributed by atoms with Crippen molar-refractivity contribution in [2.75, 3.05) is 24.5 Å². The summed E-state index contributed by atoms with van der Waals surface area (Å²) >= 11 is 1.68. The Hall–Kier alpha value is -2.34. The first-order valence-electron chi connectivity index (χ1n) is 8.29. The molecule has 0 aliphatic carbocycles. The number of carbonyl (C=O) groups excluding carboxylic acids is 1. The average Bonchev–Trinajstić information content (AvgIpc) is 3.30. The molecule has 2 aromatic heterocycles. The minimum absolute atomic E-state index is 0.00197. The van der Waals surface area contributed by atoms with Gasteiger partial charge in [0.25, 0.3) is 5.91 Å². The van der Waals surface area contributed by atoms with E-state index in [1.54, 1.807) is 11.3 Å². The molecule has 2 N–H and O–H groups in total. The first-order chi connectivity index (χ1) is 11.8. The highest BCUT2D eigenvalue weighted by Crippen LogP contribution is 2.24. The largest absolute Gasteiger partial charge is 0.361 e. The van der Waals surface area contributed by atoms with E-state index in [2.05, 4.69) is 20.2 Å². The summed E-state index contributed by atoms with van der Waals surface area (Å²) < 4.78 is 0. The van der Waals surface area contributed by atoms with Crippen molar-refractivity contribution in [1.29, 1.82) is 0 Å². The van der Waals surface area contributed by atoms with Gasteiger partial charge in [0.2, 0.25) is 0 Å². The van der Waals surface area contributed by atoms with Crippen LogP contribution in [-0.4, -0.2) is 35.5 Å². The maximum atomic E-state index is 12.4. The van der Waals surface area contributed by atoms with Gasteiger partial charge in [-0.1, -0.05) is 6.07 Å². The lowest BCUT2D eigenvalue weighted by molar-refractivity contribution is 0.0946. The molecular formula is C18H20N4OS. The van der Waals surface area contributed by atoms with Crippen molar-refractivity contribution < 1.29 is 4.79 Å². The Labute approximate surface area is 144 Å². The van der Waals surface area contributed by atoms with Crippen LogP contribution in [0.5, 0.6) is 0 Å². The quantitative estimate of drug-likeness (QED) is 0.766. The first kappa shape index (κ1) is 15.2. The Morgan fingerprint density at radius 2 is 2.38 bits per heavy atom. The van der Waals surface area contributed by atoms with E-state index in [9.17, 15) is 4.79 Å². The van der Waals surface area contributed by atoms with Crippen molar-refractivity contribution in [3.63, 3.8) is 0 Å². The number of hydrogen-bond acceptors (Lipinski definition) is 4. The van der Waals surface area contributed by atoms with Crippen LogP contribution in [0.15, 0.2) is 42.0 Å². The van der Waals surface area contributed by atoms with Crippen molar-refractivity contribution >= 4 is 33.3 Å². The maximum Gasteiger partial charge on any atom is 0.251 e. The predicted octanol–water partition coefficient (Wildman–Crippen LogP) is 3.27. The van der Waals surface area contributed by atoms with Gasteiger partial charge in [0.1, 0.15) is 0 Å². The number of amides is 1. The van der Waals surface area contributed by atoms with Crippen molar-refractivity contribution in [3.05, 3.63) is 47.6 Å². The molecule has 0 bridgehead atoms. The van der Waals surface area contributed by atoms with E-state index in [0.29, 0.717) is 18.0 Å². The third kappa shape index (κ3) is 3.14. The summed E-state index contributed by atoms with van der Waals surface area (Å²) in [4.78, 5) is 22.3. The van der Waals surface area contributed by atoms with E-state index in [4.69, 9.17) is 0 Å². The topological polar surface area (TPSA) is 61.0 Å². The molecule has 1 fully saturated rings. The zero-order chi connectivity index (χ0) is 16.4. The lowest BCUT2D eigenvalue weighted by Gasteiger charge is -2.32. The number of anilines is 1. The van der Waals surface area contributed by atoms with Crippen molar-refractivity contribution in [1.82, 2.24) is 15.3 Å². The molecule has 1 unspecified atom stereocenters. The van der Waals surface area contributed by atoms with Crippen LogP contribution in [0.4, 0.5) is 5.13 Å². The summed E-state index contributed by atoms with van der Waals surface area (Å²) in [5.74, 6) is 0.471. The normalized spacial score (nSPS) is 18.0. The molecule has 1 saturated heterocycles. The second-order valence-electron chi connectivity index (χ2n) is 6.26. The van der Waals surface area contributed by atoms with Crippen LogP contribution in [0.25, 0.3) is 10.9 Å². The Kier molecular flexibility index (Phi) is 4.21. The molecule has 3 aromatic rings. The van der Waals surface area contributed by atoms with Crippen LogP contribution in [0, 0.1) is 5.92 Å². The van der Waals surface area contributed by atoms with E-state index in [-0.39, 0.29) is 5.91 Å². The van der Waals surface area contributed by atoms with Gasteiger partial charge in [-0.15, -0.1) is 11.3 Å². The fraction of sp³-hybridized carbons (Fsp3) is 0.333. The van der Waals surface area contributed by atoms with E-state index >= 15 is 0 Å².